The number of likely N-dealkylation sites (tertiary alicyclic amines) is 1. The van der Waals surface area contributed by atoms with Gasteiger partial charge in [-0.25, -0.2) is 9.78 Å². The van der Waals surface area contributed by atoms with Crippen molar-refractivity contribution in [1.82, 2.24) is 29.5 Å². The predicted molar refractivity (Wildman–Crippen MR) is 133 cm³/mol. The Balaban J connectivity index is 1.31. The van der Waals surface area contributed by atoms with Crippen molar-refractivity contribution >= 4 is 35.1 Å². The lowest BCUT2D eigenvalue weighted by Gasteiger charge is -2.36. The largest absolute Gasteiger partial charge is 0.443 e. The molecule has 34 heavy (non-hydrogen) atoms. The minimum absolute atomic E-state index is 0.251. The highest BCUT2D eigenvalue weighted by atomic mass is 35.5. The SMILES string of the molecule is Cc1nn(C2CCN(C)CC2)cc1Nc1ncc(Cl)c(NCCCN2CCC(C)(C)OC2=O)n1. The summed E-state index contributed by atoms with van der Waals surface area (Å²) >= 11 is 6.31. The van der Waals surface area contributed by atoms with E-state index in [0.717, 1.165) is 50.2 Å². The fourth-order valence-corrected chi connectivity index (χ4v) is 4.41. The van der Waals surface area contributed by atoms with E-state index in [1.165, 1.54) is 0 Å². The number of aromatic nitrogens is 4. The molecule has 0 unspecified atom stereocenters. The summed E-state index contributed by atoms with van der Waals surface area (Å²) in [6.07, 6.45) is 7.13. The van der Waals surface area contributed by atoms with Gasteiger partial charge in [0.25, 0.3) is 0 Å². The minimum Gasteiger partial charge on any atom is -0.443 e. The van der Waals surface area contributed by atoms with Crippen molar-refractivity contribution in [2.24, 2.45) is 0 Å². The molecule has 1 amide bonds. The molecule has 2 aliphatic heterocycles. The molecule has 0 radical (unpaired) electrons. The van der Waals surface area contributed by atoms with Crippen LogP contribution in [0.5, 0.6) is 0 Å². The zero-order chi connectivity index (χ0) is 24.3. The Hall–Kier alpha value is -2.59. The van der Waals surface area contributed by atoms with Gasteiger partial charge in [-0.3, -0.25) is 4.68 Å². The summed E-state index contributed by atoms with van der Waals surface area (Å²) in [4.78, 5) is 25.1. The smallest absolute Gasteiger partial charge is 0.410 e. The van der Waals surface area contributed by atoms with E-state index in [2.05, 4.69) is 37.2 Å². The van der Waals surface area contributed by atoms with Gasteiger partial charge in [-0.1, -0.05) is 11.6 Å². The van der Waals surface area contributed by atoms with Crippen LogP contribution in [-0.2, 0) is 4.74 Å². The van der Waals surface area contributed by atoms with Crippen LogP contribution in [0.4, 0.5) is 22.2 Å². The monoisotopic (exact) mass is 490 g/mol. The summed E-state index contributed by atoms with van der Waals surface area (Å²) in [6, 6.07) is 0.414. The molecule has 10 nitrogen and oxygen atoms in total. The first kappa shape index (κ1) is 24.5. The lowest BCUT2D eigenvalue weighted by atomic mass is 10.0. The summed E-state index contributed by atoms with van der Waals surface area (Å²) in [7, 11) is 2.16. The molecule has 11 heteroatoms. The predicted octanol–water partition coefficient (Wildman–Crippen LogP) is 4.07. The summed E-state index contributed by atoms with van der Waals surface area (Å²) < 4.78 is 7.52. The van der Waals surface area contributed by atoms with E-state index in [4.69, 9.17) is 21.4 Å². The quantitative estimate of drug-likeness (QED) is 0.534. The van der Waals surface area contributed by atoms with E-state index in [0.29, 0.717) is 42.5 Å². The first-order chi connectivity index (χ1) is 16.2. The Morgan fingerprint density at radius 1 is 1.26 bits per heavy atom. The Morgan fingerprint density at radius 3 is 2.76 bits per heavy atom. The number of piperidine rings is 1. The summed E-state index contributed by atoms with van der Waals surface area (Å²) in [5.74, 6) is 1.02. The number of hydrogen-bond donors (Lipinski definition) is 2. The molecule has 4 rings (SSSR count). The van der Waals surface area contributed by atoms with Gasteiger partial charge in [0.05, 0.1) is 23.6 Å². The Labute approximate surface area is 206 Å². The van der Waals surface area contributed by atoms with Crippen LogP contribution in [0.15, 0.2) is 12.4 Å². The molecule has 0 aliphatic carbocycles. The van der Waals surface area contributed by atoms with E-state index in [9.17, 15) is 4.79 Å². The highest BCUT2D eigenvalue weighted by Gasteiger charge is 2.32. The second-order valence-corrected chi connectivity index (χ2v) is 10.2. The van der Waals surface area contributed by atoms with E-state index in [-0.39, 0.29) is 11.7 Å². The van der Waals surface area contributed by atoms with Gasteiger partial charge in [0.2, 0.25) is 5.95 Å². The molecule has 2 N–H and O–H groups in total. The molecule has 0 saturated carbocycles. The lowest BCUT2D eigenvalue weighted by molar-refractivity contribution is -0.0253. The molecule has 0 spiro atoms. The number of cyclic esters (lactones) is 1. The number of carbonyl (C=O) groups is 1. The molecule has 2 aromatic heterocycles. The van der Waals surface area contributed by atoms with Crippen molar-refractivity contribution in [3.63, 3.8) is 0 Å². The van der Waals surface area contributed by atoms with Crippen LogP contribution in [-0.4, -0.2) is 81.0 Å². The number of rotatable bonds is 8. The Kier molecular flexibility index (Phi) is 7.47. The summed E-state index contributed by atoms with van der Waals surface area (Å²) in [6.45, 7) is 9.97. The normalized spacial score (nSPS) is 19.2. The van der Waals surface area contributed by atoms with Crippen molar-refractivity contribution in [3.05, 3.63) is 23.1 Å². The third-order valence-corrected chi connectivity index (χ3v) is 6.75. The molecule has 2 fully saturated rings. The average Bonchev–Trinajstić information content (AvgIpc) is 3.14. The van der Waals surface area contributed by atoms with Crippen molar-refractivity contribution < 1.29 is 9.53 Å². The van der Waals surface area contributed by atoms with Crippen LogP contribution in [0.2, 0.25) is 5.02 Å². The zero-order valence-corrected chi connectivity index (χ0v) is 21.2. The number of aryl methyl sites for hydroxylation is 1. The van der Waals surface area contributed by atoms with E-state index in [1.54, 1.807) is 11.1 Å². The highest BCUT2D eigenvalue weighted by Crippen LogP contribution is 2.27. The third-order valence-electron chi connectivity index (χ3n) is 6.47. The van der Waals surface area contributed by atoms with Gasteiger partial charge in [-0.05, 0) is 60.2 Å². The van der Waals surface area contributed by atoms with Gasteiger partial charge >= 0.3 is 6.09 Å². The third kappa shape index (κ3) is 6.09. The van der Waals surface area contributed by atoms with E-state index < -0.39 is 0 Å². The van der Waals surface area contributed by atoms with Crippen LogP contribution >= 0.6 is 11.6 Å². The molecule has 0 atom stereocenters. The number of halogens is 1. The molecule has 2 aromatic rings. The minimum atomic E-state index is -0.383. The van der Waals surface area contributed by atoms with Crippen LogP contribution in [0.3, 0.4) is 0 Å². The molecule has 186 valence electrons. The van der Waals surface area contributed by atoms with Gasteiger partial charge in [0.15, 0.2) is 0 Å². The van der Waals surface area contributed by atoms with Crippen molar-refractivity contribution in [3.8, 4) is 0 Å². The number of ether oxygens (including phenoxy) is 1. The zero-order valence-electron chi connectivity index (χ0n) is 20.5. The molecule has 2 aliphatic rings. The molecule has 2 saturated heterocycles. The fraction of sp³-hybridized carbons (Fsp3) is 0.652. The van der Waals surface area contributed by atoms with Crippen molar-refractivity contribution in [2.45, 2.75) is 58.1 Å². The second kappa shape index (κ2) is 10.4. The van der Waals surface area contributed by atoms with Crippen LogP contribution in [0, 0.1) is 6.92 Å². The highest BCUT2D eigenvalue weighted by molar-refractivity contribution is 6.32. The lowest BCUT2D eigenvalue weighted by Crippen LogP contribution is -2.47. The number of amides is 1. The maximum Gasteiger partial charge on any atom is 0.410 e. The van der Waals surface area contributed by atoms with Gasteiger partial charge in [-0.15, -0.1) is 0 Å². The Bertz CT molecular complexity index is 1000. The molecule has 4 heterocycles. The standard InChI is InChI=1S/C23H35ClN8O2/c1-16-19(15-32(29-16)17-6-11-30(4)12-7-17)27-21-26-14-18(24)20(28-21)25-9-5-10-31-13-8-23(2,3)34-22(31)33/h14-15,17H,5-13H2,1-4H3,(H2,25,26,27,28). The summed E-state index contributed by atoms with van der Waals surface area (Å²) in [5.41, 5.74) is 1.41. The van der Waals surface area contributed by atoms with Crippen LogP contribution in [0.1, 0.15) is 51.3 Å². The average molecular weight is 491 g/mol. The van der Waals surface area contributed by atoms with Crippen LogP contribution < -0.4 is 10.6 Å². The van der Waals surface area contributed by atoms with Crippen LogP contribution in [0.25, 0.3) is 0 Å². The molecular weight excluding hydrogens is 456 g/mol. The van der Waals surface area contributed by atoms with Gasteiger partial charge in [-0.2, -0.15) is 10.1 Å². The molecule has 0 bridgehead atoms. The number of nitrogens with one attached hydrogen (secondary N) is 2. The first-order valence-corrected chi connectivity index (χ1v) is 12.3. The topological polar surface area (TPSA) is 100 Å². The molecular formula is C23H35ClN8O2. The first-order valence-electron chi connectivity index (χ1n) is 12.0. The number of anilines is 3. The van der Waals surface area contributed by atoms with E-state index >= 15 is 0 Å². The Morgan fingerprint density at radius 2 is 2.03 bits per heavy atom. The maximum absolute atomic E-state index is 12.1. The summed E-state index contributed by atoms with van der Waals surface area (Å²) in [5, 5.41) is 11.7. The second-order valence-electron chi connectivity index (χ2n) is 9.80. The van der Waals surface area contributed by atoms with E-state index in [1.807, 2.05) is 27.0 Å². The van der Waals surface area contributed by atoms with Gasteiger partial charge < -0.3 is 25.2 Å². The van der Waals surface area contributed by atoms with Crippen molar-refractivity contribution in [2.75, 3.05) is 50.4 Å². The number of carbonyl (C=O) groups excluding carboxylic acids is 1. The van der Waals surface area contributed by atoms with Gasteiger partial charge in [0.1, 0.15) is 16.4 Å². The fourth-order valence-electron chi connectivity index (χ4n) is 4.25. The molecule has 0 aromatic carbocycles. The van der Waals surface area contributed by atoms with Gasteiger partial charge in [0, 0.05) is 32.3 Å². The number of nitrogens with zero attached hydrogens (tertiary/aromatic N) is 6. The van der Waals surface area contributed by atoms with Crippen molar-refractivity contribution in [1.29, 1.82) is 0 Å². The number of hydrogen-bond acceptors (Lipinski definition) is 8. The maximum atomic E-state index is 12.1.